The molecule has 4 N–H and O–H groups in total. The maximum atomic E-state index is 10.4. The molecule has 4 nitrogen and oxygen atoms in total. The monoisotopic (exact) mass is 130 g/mol. The molecule has 1 aliphatic heterocycles. The second-order valence-corrected chi connectivity index (χ2v) is 2.25. The van der Waals surface area contributed by atoms with Gasteiger partial charge in [0.1, 0.15) is 0 Å². The minimum absolute atomic E-state index is 0.319. The summed E-state index contributed by atoms with van der Waals surface area (Å²) in [6.45, 7) is 0.480. The lowest BCUT2D eigenvalue weighted by Crippen LogP contribution is -2.36. The highest BCUT2D eigenvalue weighted by molar-refractivity contribution is 5.80. The van der Waals surface area contributed by atoms with E-state index in [-0.39, 0.29) is 11.9 Å². The smallest absolute Gasteiger partial charge is 0.234 e. The van der Waals surface area contributed by atoms with Crippen LogP contribution in [0.15, 0.2) is 0 Å². The van der Waals surface area contributed by atoms with E-state index in [9.17, 15) is 4.79 Å². The van der Waals surface area contributed by atoms with Gasteiger partial charge >= 0.3 is 0 Å². The molecule has 1 saturated heterocycles. The molecule has 1 aliphatic rings. The highest BCUT2D eigenvalue weighted by Crippen LogP contribution is 2.04. The molecule has 2 atom stereocenters. The van der Waals surface area contributed by atoms with Crippen LogP contribution in [0.1, 0.15) is 6.42 Å². The molecule has 0 saturated carbocycles. The number of aliphatic hydroxyl groups is 1. The van der Waals surface area contributed by atoms with Crippen molar-refractivity contribution in [2.45, 2.75) is 18.6 Å². The Kier molecular flexibility index (Phi) is 1.68. The van der Waals surface area contributed by atoms with Crippen LogP contribution in [0, 0.1) is 0 Å². The molecule has 1 unspecified atom stereocenters. The summed E-state index contributed by atoms with van der Waals surface area (Å²) in [7, 11) is 0. The first-order valence-electron chi connectivity index (χ1n) is 2.91. The third-order valence-electron chi connectivity index (χ3n) is 1.45. The average molecular weight is 130 g/mol. The van der Waals surface area contributed by atoms with Crippen LogP contribution in [0.2, 0.25) is 0 Å². The van der Waals surface area contributed by atoms with E-state index in [4.69, 9.17) is 10.8 Å². The average Bonchev–Trinajstić information content (AvgIpc) is 2.14. The van der Waals surface area contributed by atoms with Crippen molar-refractivity contribution in [2.24, 2.45) is 5.73 Å². The zero-order valence-electron chi connectivity index (χ0n) is 5.00. The van der Waals surface area contributed by atoms with Crippen molar-refractivity contribution in [3.63, 3.8) is 0 Å². The second-order valence-electron chi connectivity index (χ2n) is 2.25. The Balaban J connectivity index is 2.39. The molecule has 0 radical (unpaired) electrons. The van der Waals surface area contributed by atoms with Gasteiger partial charge in [-0.05, 0) is 6.42 Å². The van der Waals surface area contributed by atoms with Gasteiger partial charge in [-0.1, -0.05) is 0 Å². The minimum Gasteiger partial charge on any atom is -0.392 e. The molecule has 0 aromatic rings. The Morgan fingerprint density at radius 3 is 2.67 bits per heavy atom. The zero-order valence-corrected chi connectivity index (χ0v) is 5.00. The fourth-order valence-corrected chi connectivity index (χ4v) is 0.934. The molecule has 1 heterocycles. The van der Waals surface area contributed by atoms with Crippen LogP contribution in [-0.2, 0) is 4.79 Å². The predicted molar refractivity (Wildman–Crippen MR) is 31.6 cm³/mol. The Labute approximate surface area is 53.0 Å². The molecule has 52 valence electrons. The number of carbonyl (C=O) groups is 1. The molecule has 0 aromatic carbocycles. The molecule has 4 heteroatoms. The quantitative estimate of drug-likeness (QED) is 0.392. The van der Waals surface area contributed by atoms with Gasteiger partial charge in [0.2, 0.25) is 5.91 Å². The molecule has 0 aliphatic carbocycles. The summed E-state index contributed by atoms with van der Waals surface area (Å²) in [5, 5.41) is 11.7. The van der Waals surface area contributed by atoms with Gasteiger partial charge in [0.25, 0.3) is 0 Å². The topological polar surface area (TPSA) is 75.4 Å². The van der Waals surface area contributed by atoms with E-state index >= 15 is 0 Å². The van der Waals surface area contributed by atoms with E-state index < -0.39 is 6.10 Å². The maximum absolute atomic E-state index is 10.4. The second kappa shape index (κ2) is 2.33. The van der Waals surface area contributed by atoms with E-state index in [1.54, 1.807) is 0 Å². The van der Waals surface area contributed by atoms with Gasteiger partial charge in [0.05, 0.1) is 12.1 Å². The van der Waals surface area contributed by atoms with Crippen LogP contribution in [0.25, 0.3) is 0 Å². The van der Waals surface area contributed by atoms with Gasteiger partial charge in [-0.15, -0.1) is 0 Å². The van der Waals surface area contributed by atoms with Gasteiger partial charge in [0.15, 0.2) is 0 Å². The van der Waals surface area contributed by atoms with Crippen LogP contribution in [0.3, 0.4) is 0 Å². The number of rotatable bonds is 1. The van der Waals surface area contributed by atoms with Crippen LogP contribution < -0.4 is 11.1 Å². The van der Waals surface area contributed by atoms with Gasteiger partial charge in [0, 0.05) is 6.54 Å². The summed E-state index contributed by atoms with van der Waals surface area (Å²) < 4.78 is 0. The molecule has 0 spiro atoms. The summed E-state index contributed by atoms with van der Waals surface area (Å²) in [6.07, 6.45) is 0.0532. The molecule has 1 fully saturated rings. The van der Waals surface area contributed by atoms with Gasteiger partial charge in [-0.25, -0.2) is 0 Å². The molecule has 9 heavy (non-hydrogen) atoms. The molecule has 0 aromatic heterocycles. The third kappa shape index (κ3) is 1.40. The number of amides is 1. The fraction of sp³-hybridized carbons (Fsp3) is 0.800. The highest BCUT2D eigenvalue weighted by Gasteiger charge is 2.25. The molecule has 0 bridgehead atoms. The molecule has 1 amide bonds. The summed E-state index contributed by atoms with van der Waals surface area (Å²) >= 11 is 0. The van der Waals surface area contributed by atoms with Crippen molar-refractivity contribution in [1.82, 2.24) is 5.32 Å². The lowest BCUT2D eigenvalue weighted by Gasteiger charge is -2.01. The predicted octanol–water partition coefficient (Wildman–Crippen LogP) is -1.81. The van der Waals surface area contributed by atoms with Gasteiger partial charge < -0.3 is 16.2 Å². The maximum Gasteiger partial charge on any atom is 0.234 e. The number of carbonyl (C=O) groups excluding carboxylic acids is 1. The van der Waals surface area contributed by atoms with Gasteiger partial charge in [-0.2, -0.15) is 0 Å². The van der Waals surface area contributed by atoms with Crippen molar-refractivity contribution in [3.8, 4) is 0 Å². The van der Waals surface area contributed by atoms with E-state index in [1.165, 1.54) is 0 Å². The summed E-state index contributed by atoms with van der Waals surface area (Å²) in [5.41, 5.74) is 4.95. The zero-order chi connectivity index (χ0) is 6.85. The minimum atomic E-state index is -0.400. The first-order chi connectivity index (χ1) is 4.20. The Bertz CT molecular complexity index is 126. The van der Waals surface area contributed by atoms with E-state index in [1.807, 2.05) is 0 Å². The summed E-state index contributed by atoms with van der Waals surface area (Å²) in [5.74, 6) is -0.383. The number of primary amides is 1. The number of nitrogens with one attached hydrogen (secondary N) is 1. The largest absolute Gasteiger partial charge is 0.392 e. The van der Waals surface area contributed by atoms with Crippen molar-refractivity contribution >= 4 is 5.91 Å². The normalized spacial score (nSPS) is 34.8. The Morgan fingerprint density at radius 1 is 1.78 bits per heavy atom. The SMILES string of the molecule is NC(=O)C1C[C@H](O)CN1. The van der Waals surface area contributed by atoms with Crippen molar-refractivity contribution in [1.29, 1.82) is 0 Å². The number of aliphatic hydroxyl groups excluding tert-OH is 1. The molecular formula is C5H10N2O2. The summed E-state index contributed by atoms with van der Waals surface area (Å²) in [4.78, 5) is 10.4. The molecular weight excluding hydrogens is 120 g/mol. The Hall–Kier alpha value is -0.610. The van der Waals surface area contributed by atoms with Crippen LogP contribution in [0.4, 0.5) is 0 Å². The highest BCUT2D eigenvalue weighted by atomic mass is 16.3. The first kappa shape index (κ1) is 6.51. The van der Waals surface area contributed by atoms with E-state index in [0.717, 1.165) is 0 Å². The lowest BCUT2D eigenvalue weighted by atomic mass is 10.2. The van der Waals surface area contributed by atoms with Crippen LogP contribution >= 0.6 is 0 Å². The van der Waals surface area contributed by atoms with Crippen LogP contribution in [-0.4, -0.2) is 29.7 Å². The number of β-amino-alcohol motifs (C(OH)–C–C–N with tert-alkyl or cyclic N) is 1. The summed E-state index contributed by atoms with van der Waals surface area (Å²) in [6, 6.07) is -0.319. The Morgan fingerprint density at radius 2 is 2.44 bits per heavy atom. The third-order valence-corrected chi connectivity index (χ3v) is 1.45. The van der Waals surface area contributed by atoms with Gasteiger partial charge in [-0.3, -0.25) is 4.79 Å². The number of nitrogens with two attached hydrogens (primary N) is 1. The number of hydrogen-bond acceptors (Lipinski definition) is 3. The van der Waals surface area contributed by atoms with E-state index in [2.05, 4.69) is 5.32 Å². The fourth-order valence-electron chi connectivity index (χ4n) is 0.934. The van der Waals surface area contributed by atoms with Crippen LogP contribution in [0.5, 0.6) is 0 Å². The first-order valence-corrected chi connectivity index (χ1v) is 2.91. The lowest BCUT2D eigenvalue weighted by molar-refractivity contribution is -0.119. The van der Waals surface area contributed by atoms with Crippen molar-refractivity contribution < 1.29 is 9.90 Å². The number of hydrogen-bond donors (Lipinski definition) is 3. The molecule has 1 rings (SSSR count). The van der Waals surface area contributed by atoms with Crippen molar-refractivity contribution in [2.75, 3.05) is 6.54 Å². The standard InChI is InChI=1S/C5H10N2O2/c6-5(9)4-1-3(8)2-7-4/h3-4,7-8H,1-2H2,(H2,6,9)/t3-,4?/m0/s1. The van der Waals surface area contributed by atoms with E-state index in [0.29, 0.717) is 13.0 Å². The van der Waals surface area contributed by atoms with Crippen molar-refractivity contribution in [3.05, 3.63) is 0 Å².